The van der Waals surface area contributed by atoms with Crippen LogP contribution in [0.2, 0.25) is 0 Å². The number of amides is 1. The predicted molar refractivity (Wildman–Crippen MR) is 139 cm³/mol. The van der Waals surface area contributed by atoms with E-state index in [4.69, 9.17) is 14.2 Å². The number of carbonyl (C=O) groups is 2. The molecule has 192 valence electrons. The minimum atomic E-state index is -0.983. The minimum Gasteiger partial charge on any atom is -0.507 e. The lowest BCUT2D eigenvalue weighted by Crippen LogP contribution is -2.29. The zero-order valence-corrected chi connectivity index (χ0v) is 20.9. The number of anilines is 1. The van der Waals surface area contributed by atoms with E-state index in [1.165, 1.54) is 11.0 Å². The first-order valence-electron chi connectivity index (χ1n) is 12.1. The molecule has 0 aliphatic carbocycles. The fourth-order valence-electron chi connectivity index (χ4n) is 4.31. The Kier molecular flexibility index (Phi) is 7.67. The van der Waals surface area contributed by atoms with E-state index < -0.39 is 17.7 Å². The number of benzene rings is 3. The molecule has 0 spiro atoms. The number of ketones is 1. The lowest BCUT2D eigenvalue weighted by atomic mass is 9.94. The summed E-state index contributed by atoms with van der Waals surface area (Å²) < 4.78 is 16.6. The van der Waals surface area contributed by atoms with Gasteiger partial charge in [-0.15, -0.1) is 0 Å². The van der Waals surface area contributed by atoms with Crippen LogP contribution in [0, 0.1) is 0 Å². The Balaban J connectivity index is 1.91. The molecule has 1 fully saturated rings. The monoisotopic (exact) mass is 503 g/mol. The number of phenols is 1. The molecule has 3 aromatic rings. The number of hydrogen-bond donors (Lipinski definition) is 2. The summed E-state index contributed by atoms with van der Waals surface area (Å²) >= 11 is 0. The SMILES string of the molecule is CCOc1ccc(/C(O)=C2/C(=O)C(=O)N(c3cccc(OCC)c3)C2c2ccc(O)c(OCC)c2)cc1. The lowest BCUT2D eigenvalue weighted by molar-refractivity contribution is -0.132. The largest absolute Gasteiger partial charge is 0.507 e. The van der Waals surface area contributed by atoms with Gasteiger partial charge in [-0.05, 0) is 74.9 Å². The maximum atomic E-state index is 13.4. The highest BCUT2D eigenvalue weighted by Gasteiger charge is 2.47. The van der Waals surface area contributed by atoms with Crippen LogP contribution in [0.25, 0.3) is 5.76 Å². The van der Waals surface area contributed by atoms with Crippen molar-refractivity contribution < 1.29 is 34.0 Å². The maximum absolute atomic E-state index is 13.4. The molecule has 1 unspecified atom stereocenters. The molecule has 1 amide bonds. The average molecular weight is 504 g/mol. The summed E-state index contributed by atoms with van der Waals surface area (Å²) in [6.45, 7) is 6.72. The highest BCUT2D eigenvalue weighted by molar-refractivity contribution is 6.51. The molecule has 0 aromatic heterocycles. The number of rotatable bonds is 9. The number of ether oxygens (including phenoxy) is 3. The van der Waals surface area contributed by atoms with Gasteiger partial charge in [-0.3, -0.25) is 14.5 Å². The molecule has 8 nitrogen and oxygen atoms in total. The molecule has 1 atom stereocenters. The first-order chi connectivity index (χ1) is 17.9. The van der Waals surface area contributed by atoms with E-state index in [0.717, 1.165) is 0 Å². The highest BCUT2D eigenvalue weighted by atomic mass is 16.5. The Bertz CT molecular complexity index is 1330. The van der Waals surface area contributed by atoms with Gasteiger partial charge in [0.2, 0.25) is 0 Å². The van der Waals surface area contributed by atoms with Crippen LogP contribution in [-0.4, -0.2) is 41.7 Å². The molecular formula is C29H29NO7. The van der Waals surface area contributed by atoms with Crippen molar-refractivity contribution in [1.82, 2.24) is 0 Å². The Morgan fingerprint density at radius 3 is 2.19 bits per heavy atom. The third-order valence-corrected chi connectivity index (χ3v) is 5.89. The number of nitrogens with zero attached hydrogens (tertiary/aromatic N) is 1. The molecular weight excluding hydrogens is 474 g/mol. The zero-order chi connectivity index (χ0) is 26.5. The summed E-state index contributed by atoms with van der Waals surface area (Å²) in [6, 6.07) is 17.1. The number of hydrogen-bond acceptors (Lipinski definition) is 7. The number of carbonyl (C=O) groups excluding carboxylic acids is 2. The van der Waals surface area contributed by atoms with Gasteiger partial charge in [-0.2, -0.15) is 0 Å². The summed E-state index contributed by atoms with van der Waals surface area (Å²) in [6.07, 6.45) is 0. The average Bonchev–Trinajstić information content (AvgIpc) is 3.16. The van der Waals surface area contributed by atoms with Gasteiger partial charge in [0.15, 0.2) is 11.5 Å². The molecule has 1 aliphatic heterocycles. The number of aliphatic hydroxyl groups excluding tert-OH is 1. The Labute approximate surface area is 215 Å². The fourth-order valence-corrected chi connectivity index (χ4v) is 4.31. The summed E-state index contributed by atoms with van der Waals surface area (Å²) in [5.74, 6) is -0.666. The smallest absolute Gasteiger partial charge is 0.300 e. The highest BCUT2D eigenvalue weighted by Crippen LogP contribution is 2.44. The molecule has 8 heteroatoms. The first kappa shape index (κ1) is 25.6. The summed E-state index contributed by atoms with van der Waals surface area (Å²) in [5, 5.41) is 21.6. The standard InChI is InChI=1S/C29H29NO7/c1-4-35-21-13-10-18(11-14-21)27(32)25-26(19-12-15-23(31)24(16-19)37-6-3)30(29(34)28(25)33)20-8-7-9-22(17-20)36-5-2/h7-17,26,31-32H,4-6H2,1-3H3/b27-25-. The van der Waals surface area contributed by atoms with Crippen LogP contribution in [0.4, 0.5) is 5.69 Å². The molecule has 3 aromatic carbocycles. The Morgan fingerprint density at radius 1 is 0.838 bits per heavy atom. The van der Waals surface area contributed by atoms with Gasteiger partial charge in [-0.25, -0.2) is 0 Å². The van der Waals surface area contributed by atoms with Crippen molar-refractivity contribution in [2.75, 3.05) is 24.7 Å². The molecule has 4 rings (SSSR count). The Morgan fingerprint density at radius 2 is 1.51 bits per heavy atom. The molecule has 2 N–H and O–H groups in total. The lowest BCUT2D eigenvalue weighted by Gasteiger charge is -2.26. The van der Waals surface area contributed by atoms with Crippen molar-refractivity contribution >= 4 is 23.1 Å². The zero-order valence-electron chi connectivity index (χ0n) is 20.9. The van der Waals surface area contributed by atoms with E-state index in [1.807, 2.05) is 13.8 Å². The molecule has 1 aliphatic rings. The van der Waals surface area contributed by atoms with Crippen LogP contribution < -0.4 is 19.1 Å². The number of Topliss-reactive ketones (excluding diaryl/α,β-unsaturated/α-hetero) is 1. The van der Waals surface area contributed by atoms with Gasteiger partial charge in [0.1, 0.15) is 17.3 Å². The van der Waals surface area contributed by atoms with Crippen LogP contribution in [-0.2, 0) is 9.59 Å². The minimum absolute atomic E-state index is 0.0765. The maximum Gasteiger partial charge on any atom is 0.300 e. The summed E-state index contributed by atoms with van der Waals surface area (Å²) in [4.78, 5) is 28.1. The number of aromatic hydroxyl groups is 1. The first-order valence-corrected chi connectivity index (χ1v) is 12.1. The van der Waals surface area contributed by atoms with E-state index >= 15 is 0 Å². The van der Waals surface area contributed by atoms with Crippen molar-refractivity contribution in [3.8, 4) is 23.0 Å². The summed E-state index contributed by atoms with van der Waals surface area (Å²) in [5.41, 5.74) is 1.19. The van der Waals surface area contributed by atoms with Gasteiger partial charge in [0, 0.05) is 17.3 Å². The second kappa shape index (κ2) is 11.1. The van der Waals surface area contributed by atoms with Crippen molar-refractivity contribution in [2.45, 2.75) is 26.8 Å². The van der Waals surface area contributed by atoms with Crippen molar-refractivity contribution in [1.29, 1.82) is 0 Å². The third-order valence-electron chi connectivity index (χ3n) is 5.89. The van der Waals surface area contributed by atoms with E-state index in [0.29, 0.717) is 48.1 Å². The number of aliphatic hydroxyl groups is 1. The van der Waals surface area contributed by atoms with Gasteiger partial charge in [-0.1, -0.05) is 12.1 Å². The van der Waals surface area contributed by atoms with Gasteiger partial charge in [0.25, 0.3) is 11.7 Å². The van der Waals surface area contributed by atoms with Crippen LogP contribution in [0.3, 0.4) is 0 Å². The molecule has 1 saturated heterocycles. The molecule has 0 radical (unpaired) electrons. The third kappa shape index (κ3) is 5.09. The van der Waals surface area contributed by atoms with Gasteiger partial charge < -0.3 is 24.4 Å². The van der Waals surface area contributed by atoms with E-state index in [9.17, 15) is 19.8 Å². The molecule has 0 bridgehead atoms. The second-order valence-corrected chi connectivity index (χ2v) is 8.22. The topological polar surface area (TPSA) is 106 Å². The predicted octanol–water partition coefficient (Wildman–Crippen LogP) is 5.21. The van der Waals surface area contributed by atoms with Crippen LogP contribution in [0.5, 0.6) is 23.0 Å². The quantitative estimate of drug-likeness (QED) is 0.234. The van der Waals surface area contributed by atoms with Gasteiger partial charge in [0.05, 0.1) is 31.4 Å². The molecule has 1 heterocycles. The van der Waals surface area contributed by atoms with E-state index in [2.05, 4.69) is 0 Å². The fraction of sp³-hybridized carbons (Fsp3) is 0.241. The van der Waals surface area contributed by atoms with E-state index in [-0.39, 0.29) is 22.8 Å². The van der Waals surface area contributed by atoms with Crippen molar-refractivity contribution in [3.63, 3.8) is 0 Å². The molecule has 37 heavy (non-hydrogen) atoms. The summed E-state index contributed by atoms with van der Waals surface area (Å²) in [7, 11) is 0. The molecule has 0 saturated carbocycles. The van der Waals surface area contributed by atoms with Crippen molar-refractivity contribution in [3.05, 3.63) is 83.4 Å². The van der Waals surface area contributed by atoms with Crippen LogP contribution in [0.15, 0.2) is 72.3 Å². The van der Waals surface area contributed by atoms with Gasteiger partial charge >= 0.3 is 0 Å². The second-order valence-electron chi connectivity index (χ2n) is 8.22. The number of phenolic OH excluding ortho intramolecular Hbond substituents is 1. The van der Waals surface area contributed by atoms with Crippen LogP contribution in [0.1, 0.15) is 37.9 Å². The van der Waals surface area contributed by atoms with Crippen molar-refractivity contribution in [2.24, 2.45) is 0 Å². The Hall–Kier alpha value is -4.46. The normalized spacial score (nSPS) is 16.6. The van der Waals surface area contributed by atoms with E-state index in [1.54, 1.807) is 67.6 Å². The van der Waals surface area contributed by atoms with Crippen LogP contribution >= 0.6 is 0 Å².